The van der Waals surface area contributed by atoms with E-state index in [2.05, 4.69) is 4.74 Å². The minimum atomic E-state index is -1.25. The molecule has 0 saturated carbocycles. The zero-order valence-corrected chi connectivity index (χ0v) is 11.7. The molecule has 104 valence electrons. The predicted molar refractivity (Wildman–Crippen MR) is 74.4 cm³/mol. The van der Waals surface area contributed by atoms with Crippen molar-refractivity contribution in [1.29, 1.82) is 0 Å². The van der Waals surface area contributed by atoms with Gasteiger partial charge in [0.1, 0.15) is 11.9 Å². The van der Waals surface area contributed by atoms with E-state index in [1.54, 1.807) is 18.2 Å². The highest BCUT2D eigenvalue weighted by Gasteiger charge is 2.19. The van der Waals surface area contributed by atoms with E-state index in [1.165, 1.54) is 7.11 Å². The maximum absolute atomic E-state index is 11.3. The van der Waals surface area contributed by atoms with Crippen molar-refractivity contribution >= 4 is 17.7 Å². The molecule has 4 nitrogen and oxygen atoms in total. The Bertz CT molecular complexity index is 429. The SMILES string of the molecule is COC(=O)C(O)c1cccc(OC2CCSCC2)c1. The van der Waals surface area contributed by atoms with Crippen molar-refractivity contribution in [2.45, 2.75) is 25.0 Å². The van der Waals surface area contributed by atoms with Crippen LogP contribution in [0.3, 0.4) is 0 Å². The fourth-order valence-corrected chi connectivity index (χ4v) is 3.06. The van der Waals surface area contributed by atoms with Crippen LogP contribution in [0.4, 0.5) is 0 Å². The van der Waals surface area contributed by atoms with Gasteiger partial charge in [0.25, 0.3) is 0 Å². The molecule has 0 spiro atoms. The van der Waals surface area contributed by atoms with Gasteiger partial charge < -0.3 is 14.6 Å². The third-order valence-electron chi connectivity index (χ3n) is 3.07. The molecule has 1 unspecified atom stereocenters. The molecule has 0 radical (unpaired) electrons. The molecule has 1 aliphatic rings. The number of hydrogen-bond acceptors (Lipinski definition) is 5. The Morgan fingerprint density at radius 3 is 2.84 bits per heavy atom. The first-order valence-electron chi connectivity index (χ1n) is 6.31. The number of rotatable bonds is 4. The molecule has 1 aromatic rings. The molecule has 1 fully saturated rings. The Morgan fingerprint density at radius 1 is 1.42 bits per heavy atom. The highest BCUT2D eigenvalue weighted by Crippen LogP contribution is 2.25. The molecule has 0 aliphatic carbocycles. The lowest BCUT2D eigenvalue weighted by atomic mass is 10.1. The van der Waals surface area contributed by atoms with Gasteiger partial charge in [-0.05, 0) is 42.0 Å². The van der Waals surface area contributed by atoms with E-state index >= 15 is 0 Å². The summed E-state index contributed by atoms with van der Waals surface area (Å²) in [6.07, 6.45) is 1.05. The molecule has 1 N–H and O–H groups in total. The van der Waals surface area contributed by atoms with Crippen LogP contribution in [0.25, 0.3) is 0 Å². The number of carbonyl (C=O) groups excluding carboxylic acids is 1. The summed E-state index contributed by atoms with van der Waals surface area (Å²) in [5.74, 6) is 2.27. The van der Waals surface area contributed by atoms with Crippen molar-refractivity contribution in [2.75, 3.05) is 18.6 Å². The van der Waals surface area contributed by atoms with E-state index in [4.69, 9.17) is 4.74 Å². The average Bonchev–Trinajstić information content (AvgIpc) is 2.47. The zero-order valence-electron chi connectivity index (χ0n) is 10.9. The number of esters is 1. The monoisotopic (exact) mass is 282 g/mol. The highest BCUT2D eigenvalue weighted by atomic mass is 32.2. The highest BCUT2D eigenvalue weighted by molar-refractivity contribution is 7.99. The van der Waals surface area contributed by atoms with E-state index in [-0.39, 0.29) is 6.10 Å². The molecule has 1 aliphatic heterocycles. The van der Waals surface area contributed by atoms with Gasteiger partial charge in [0, 0.05) is 0 Å². The summed E-state index contributed by atoms with van der Waals surface area (Å²) in [6.45, 7) is 0. The normalized spacial score (nSPS) is 17.8. The van der Waals surface area contributed by atoms with E-state index in [9.17, 15) is 9.90 Å². The molecule has 19 heavy (non-hydrogen) atoms. The van der Waals surface area contributed by atoms with Crippen LogP contribution >= 0.6 is 11.8 Å². The molecular weight excluding hydrogens is 264 g/mol. The van der Waals surface area contributed by atoms with Crippen LogP contribution in [0, 0.1) is 0 Å². The Hall–Kier alpha value is -1.20. The third kappa shape index (κ3) is 3.88. The predicted octanol–water partition coefficient (Wildman–Crippen LogP) is 2.17. The molecule has 1 aromatic carbocycles. The number of thioether (sulfide) groups is 1. The first-order chi connectivity index (χ1) is 9.20. The maximum atomic E-state index is 11.3. The first kappa shape index (κ1) is 14.2. The van der Waals surface area contributed by atoms with Crippen LogP contribution < -0.4 is 4.74 Å². The fraction of sp³-hybridized carbons (Fsp3) is 0.500. The number of aliphatic hydroxyl groups excluding tert-OH is 1. The number of hydrogen-bond donors (Lipinski definition) is 1. The van der Waals surface area contributed by atoms with Crippen molar-refractivity contribution < 1.29 is 19.4 Å². The summed E-state index contributed by atoms with van der Waals surface area (Å²) >= 11 is 1.94. The number of methoxy groups -OCH3 is 1. The van der Waals surface area contributed by atoms with Crippen LogP contribution in [0.1, 0.15) is 24.5 Å². The van der Waals surface area contributed by atoms with Gasteiger partial charge in [-0.25, -0.2) is 4.79 Å². The summed E-state index contributed by atoms with van der Waals surface area (Å²) in [5, 5.41) is 9.79. The van der Waals surface area contributed by atoms with Crippen LogP contribution in [-0.4, -0.2) is 35.8 Å². The molecule has 0 bridgehead atoms. The molecule has 0 aromatic heterocycles. The van der Waals surface area contributed by atoms with Gasteiger partial charge >= 0.3 is 5.97 Å². The second kappa shape index (κ2) is 6.82. The van der Waals surface area contributed by atoms with Gasteiger partial charge in [-0.1, -0.05) is 12.1 Å². The second-order valence-corrected chi connectivity index (χ2v) is 5.65. The van der Waals surface area contributed by atoms with Crippen molar-refractivity contribution in [1.82, 2.24) is 0 Å². The van der Waals surface area contributed by atoms with Crippen LogP contribution in [-0.2, 0) is 9.53 Å². The number of benzene rings is 1. The average molecular weight is 282 g/mol. The zero-order chi connectivity index (χ0) is 13.7. The van der Waals surface area contributed by atoms with E-state index in [1.807, 2.05) is 17.8 Å². The molecule has 1 heterocycles. The molecule has 2 rings (SSSR count). The van der Waals surface area contributed by atoms with Gasteiger partial charge in [0.2, 0.25) is 0 Å². The number of aliphatic hydroxyl groups is 1. The Morgan fingerprint density at radius 2 is 2.16 bits per heavy atom. The van der Waals surface area contributed by atoms with Gasteiger partial charge in [-0.2, -0.15) is 11.8 Å². The number of carbonyl (C=O) groups is 1. The van der Waals surface area contributed by atoms with Crippen molar-refractivity contribution in [3.05, 3.63) is 29.8 Å². The Balaban J connectivity index is 2.03. The van der Waals surface area contributed by atoms with Crippen molar-refractivity contribution in [2.24, 2.45) is 0 Å². The standard InChI is InChI=1S/C14H18O4S/c1-17-14(16)13(15)10-3-2-4-12(9-10)18-11-5-7-19-8-6-11/h2-4,9,11,13,15H,5-8H2,1H3. The minimum absolute atomic E-state index is 0.228. The van der Waals surface area contributed by atoms with E-state index < -0.39 is 12.1 Å². The Labute approximate surface area is 117 Å². The van der Waals surface area contributed by atoms with E-state index in [0.717, 1.165) is 24.3 Å². The largest absolute Gasteiger partial charge is 0.490 e. The summed E-state index contributed by atoms with van der Waals surface area (Å²) in [7, 11) is 1.26. The van der Waals surface area contributed by atoms with Gasteiger partial charge in [-0.15, -0.1) is 0 Å². The maximum Gasteiger partial charge on any atom is 0.339 e. The lowest BCUT2D eigenvalue weighted by molar-refractivity contribution is -0.150. The third-order valence-corrected chi connectivity index (χ3v) is 4.12. The quantitative estimate of drug-likeness (QED) is 0.858. The molecule has 1 atom stereocenters. The van der Waals surface area contributed by atoms with Crippen molar-refractivity contribution in [3.63, 3.8) is 0 Å². The molecule has 5 heteroatoms. The number of ether oxygens (including phenoxy) is 2. The Kier molecular flexibility index (Phi) is 5.10. The fourth-order valence-electron chi connectivity index (χ4n) is 1.99. The van der Waals surface area contributed by atoms with Gasteiger partial charge in [0.05, 0.1) is 7.11 Å². The summed E-state index contributed by atoms with van der Waals surface area (Å²) < 4.78 is 10.4. The lowest BCUT2D eigenvalue weighted by Crippen LogP contribution is -2.22. The second-order valence-electron chi connectivity index (χ2n) is 4.43. The van der Waals surface area contributed by atoms with Crippen LogP contribution in [0.2, 0.25) is 0 Å². The van der Waals surface area contributed by atoms with Gasteiger partial charge in [-0.3, -0.25) is 0 Å². The van der Waals surface area contributed by atoms with E-state index in [0.29, 0.717) is 11.3 Å². The van der Waals surface area contributed by atoms with Crippen molar-refractivity contribution in [3.8, 4) is 5.75 Å². The summed E-state index contributed by atoms with van der Waals surface area (Å²) in [4.78, 5) is 11.3. The molecular formula is C14H18O4S. The lowest BCUT2D eigenvalue weighted by Gasteiger charge is -2.23. The van der Waals surface area contributed by atoms with Crippen LogP contribution in [0.5, 0.6) is 5.75 Å². The topological polar surface area (TPSA) is 55.8 Å². The summed E-state index contributed by atoms with van der Waals surface area (Å²) in [6, 6.07) is 7.00. The molecule has 1 saturated heterocycles. The first-order valence-corrected chi connectivity index (χ1v) is 7.46. The summed E-state index contributed by atoms with van der Waals surface area (Å²) in [5.41, 5.74) is 0.495. The smallest absolute Gasteiger partial charge is 0.339 e. The minimum Gasteiger partial charge on any atom is -0.490 e. The molecule has 0 amide bonds. The van der Waals surface area contributed by atoms with Crippen LogP contribution in [0.15, 0.2) is 24.3 Å². The van der Waals surface area contributed by atoms with Gasteiger partial charge in [0.15, 0.2) is 6.10 Å².